The molecule has 0 aliphatic rings. The summed E-state index contributed by atoms with van der Waals surface area (Å²) in [6.07, 6.45) is -3.36. The summed E-state index contributed by atoms with van der Waals surface area (Å²) in [5.74, 6) is 0.624. The second kappa shape index (κ2) is 8.33. The van der Waals surface area contributed by atoms with Gasteiger partial charge in [0.2, 0.25) is 0 Å². The van der Waals surface area contributed by atoms with Crippen molar-refractivity contribution in [2.75, 3.05) is 7.11 Å². The van der Waals surface area contributed by atoms with Gasteiger partial charge in [-0.05, 0) is 23.3 Å². The Bertz CT molecular complexity index is 644. The predicted molar refractivity (Wildman–Crippen MR) is 89.1 cm³/mol. The van der Waals surface area contributed by atoms with Gasteiger partial charge < -0.3 is 25.4 Å². The average molecular weight is 331 g/mol. The van der Waals surface area contributed by atoms with Crippen molar-refractivity contribution in [3.8, 4) is 5.75 Å². The maximum absolute atomic E-state index is 11.0. The van der Waals surface area contributed by atoms with Crippen LogP contribution in [0.2, 0.25) is 0 Å². The van der Waals surface area contributed by atoms with E-state index in [1.807, 2.05) is 30.3 Å². The van der Waals surface area contributed by atoms with Crippen LogP contribution < -0.4 is 10.1 Å². The van der Waals surface area contributed by atoms with Crippen molar-refractivity contribution in [1.29, 1.82) is 0 Å². The highest BCUT2D eigenvalue weighted by Crippen LogP contribution is 2.23. The van der Waals surface area contributed by atoms with Crippen LogP contribution in [0.5, 0.6) is 5.75 Å². The number of nitrogens with one attached hydrogen (secondary N) is 1. The van der Waals surface area contributed by atoms with Gasteiger partial charge in [0.05, 0.1) is 19.3 Å². The Kier molecular flexibility index (Phi) is 6.17. The molecule has 24 heavy (non-hydrogen) atoms. The van der Waals surface area contributed by atoms with E-state index >= 15 is 0 Å². The molecule has 0 heterocycles. The molecule has 0 saturated heterocycles. The molecule has 1 unspecified atom stereocenters. The molecule has 0 radical (unpaired) electrons. The predicted octanol–water partition coefficient (Wildman–Crippen LogP) is 1.97. The van der Waals surface area contributed by atoms with Gasteiger partial charge in [-0.2, -0.15) is 0 Å². The first-order valence-electron chi connectivity index (χ1n) is 7.54. The van der Waals surface area contributed by atoms with Gasteiger partial charge in [0.15, 0.2) is 0 Å². The summed E-state index contributed by atoms with van der Waals surface area (Å²) in [6, 6.07) is 14.7. The lowest BCUT2D eigenvalue weighted by molar-refractivity contribution is 0.0373. The van der Waals surface area contributed by atoms with E-state index in [4.69, 9.17) is 9.84 Å². The molecule has 2 aromatic rings. The molecule has 0 fully saturated rings. The number of rotatable bonds is 7. The van der Waals surface area contributed by atoms with Crippen LogP contribution in [0.1, 0.15) is 17.2 Å². The lowest BCUT2D eigenvalue weighted by Gasteiger charge is -2.28. The first-order chi connectivity index (χ1) is 11.5. The Hall–Kier alpha value is -2.57. The van der Waals surface area contributed by atoms with E-state index in [9.17, 15) is 15.0 Å². The molecule has 0 aromatic heterocycles. The Morgan fingerprint density at radius 1 is 1.08 bits per heavy atom. The molecule has 0 aliphatic carbocycles. The van der Waals surface area contributed by atoms with E-state index in [-0.39, 0.29) is 6.42 Å². The second-order valence-corrected chi connectivity index (χ2v) is 5.45. The first kappa shape index (κ1) is 17.8. The van der Waals surface area contributed by atoms with Crippen molar-refractivity contribution < 1.29 is 24.9 Å². The van der Waals surface area contributed by atoms with E-state index in [1.54, 1.807) is 24.3 Å². The van der Waals surface area contributed by atoms with E-state index in [2.05, 4.69) is 5.32 Å². The van der Waals surface area contributed by atoms with Crippen LogP contribution in [0, 0.1) is 0 Å². The lowest BCUT2D eigenvalue weighted by atomic mass is 9.94. The van der Waals surface area contributed by atoms with Gasteiger partial charge in [0.1, 0.15) is 11.9 Å². The fraction of sp³-hybridized carbons (Fsp3) is 0.278. The number of amides is 1. The van der Waals surface area contributed by atoms with Gasteiger partial charge in [0.25, 0.3) is 0 Å². The molecule has 2 aromatic carbocycles. The number of carboxylic acid groups (broad SMARTS) is 1. The van der Waals surface area contributed by atoms with Crippen molar-refractivity contribution in [3.63, 3.8) is 0 Å². The smallest absolute Gasteiger partial charge is 0.405 e. The summed E-state index contributed by atoms with van der Waals surface area (Å²) >= 11 is 0. The molecular weight excluding hydrogens is 310 g/mol. The lowest BCUT2D eigenvalue weighted by Crippen LogP contribution is -2.47. The molecular formula is C18H21NO5. The minimum absolute atomic E-state index is 0.221. The maximum Gasteiger partial charge on any atom is 0.405 e. The van der Waals surface area contributed by atoms with Gasteiger partial charge >= 0.3 is 6.09 Å². The Labute approximate surface area is 140 Å². The Morgan fingerprint density at radius 3 is 2.25 bits per heavy atom. The topological polar surface area (TPSA) is 99.0 Å². The number of benzene rings is 2. The van der Waals surface area contributed by atoms with Gasteiger partial charge in [-0.3, -0.25) is 0 Å². The maximum atomic E-state index is 11.0. The summed E-state index contributed by atoms with van der Waals surface area (Å²) in [5, 5.41) is 32.2. The average Bonchev–Trinajstić information content (AvgIpc) is 2.60. The van der Waals surface area contributed by atoms with Crippen molar-refractivity contribution in [2.24, 2.45) is 0 Å². The molecule has 0 spiro atoms. The SMILES string of the molecule is COc1ccc([C@H](O)[C@H](NC(=O)O)C(O)Cc2ccccc2)cc1. The standard InChI is InChI=1S/C18H21NO5/c1-24-14-9-7-13(8-10-14)17(21)16(19-18(22)23)15(20)11-12-5-3-2-4-6-12/h2-10,15-17,19-21H,11H2,1H3,(H,22,23)/t15?,16-,17+/m1/s1. The number of hydrogen-bond donors (Lipinski definition) is 4. The van der Waals surface area contributed by atoms with E-state index in [1.165, 1.54) is 7.11 Å². The third-order valence-corrected chi connectivity index (χ3v) is 3.79. The normalized spacial score (nSPS) is 14.5. The number of carbonyl (C=O) groups is 1. The summed E-state index contributed by atoms with van der Waals surface area (Å²) < 4.78 is 5.06. The third-order valence-electron chi connectivity index (χ3n) is 3.79. The fourth-order valence-electron chi connectivity index (χ4n) is 2.52. The van der Waals surface area contributed by atoms with Crippen molar-refractivity contribution >= 4 is 6.09 Å². The summed E-state index contributed by atoms with van der Waals surface area (Å²) in [6.45, 7) is 0. The van der Waals surface area contributed by atoms with Crippen molar-refractivity contribution in [1.82, 2.24) is 5.32 Å². The highest BCUT2D eigenvalue weighted by atomic mass is 16.5. The van der Waals surface area contributed by atoms with Crippen LogP contribution in [0.25, 0.3) is 0 Å². The molecule has 2 rings (SSSR count). The van der Waals surface area contributed by atoms with Crippen LogP contribution in [0.4, 0.5) is 4.79 Å². The molecule has 0 saturated carbocycles. The van der Waals surface area contributed by atoms with Crippen molar-refractivity contribution in [3.05, 3.63) is 65.7 Å². The van der Waals surface area contributed by atoms with Gasteiger partial charge in [-0.1, -0.05) is 42.5 Å². The molecule has 6 nitrogen and oxygen atoms in total. The van der Waals surface area contributed by atoms with Gasteiger partial charge in [0, 0.05) is 6.42 Å². The zero-order valence-corrected chi connectivity index (χ0v) is 13.3. The van der Waals surface area contributed by atoms with Crippen LogP contribution >= 0.6 is 0 Å². The molecule has 6 heteroatoms. The molecule has 0 aliphatic heterocycles. The molecule has 3 atom stereocenters. The highest BCUT2D eigenvalue weighted by Gasteiger charge is 2.30. The Balaban J connectivity index is 2.17. The zero-order chi connectivity index (χ0) is 17.5. The number of aliphatic hydroxyl groups excluding tert-OH is 2. The number of methoxy groups -OCH3 is 1. The van der Waals surface area contributed by atoms with Crippen molar-refractivity contribution in [2.45, 2.75) is 24.7 Å². The highest BCUT2D eigenvalue weighted by molar-refractivity contribution is 5.65. The van der Waals surface area contributed by atoms with Crippen LogP contribution in [-0.2, 0) is 6.42 Å². The van der Waals surface area contributed by atoms with E-state index in [0.717, 1.165) is 5.56 Å². The van der Waals surface area contributed by atoms with E-state index < -0.39 is 24.3 Å². The minimum atomic E-state index is -1.31. The van der Waals surface area contributed by atoms with Crippen LogP contribution in [0.15, 0.2) is 54.6 Å². The summed E-state index contributed by atoms with van der Waals surface area (Å²) in [5.41, 5.74) is 1.34. The second-order valence-electron chi connectivity index (χ2n) is 5.45. The minimum Gasteiger partial charge on any atom is -0.497 e. The molecule has 4 N–H and O–H groups in total. The summed E-state index contributed by atoms with van der Waals surface area (Å²) in [4.78, 5) is 11.0. The first-order valence-corrected chi connectivity index (χ1v) is 7.54. The Morgan fingerprint density at radius 2 is 1.71 bits per heavy atom. The fourth-order valence-corrected chi connectivity index (χ4v) is 2.52. The van der Waals surface area contributed by atoms with Crippen LogP contribution in [-0.4, -0.2) is 40.7 Å². The molecule has 1 amide bonds. The van der Waals surface area contributed by atoms with Crippen LogP contribution in [0.3, 0.4) is 0 Å². The molecule has 128 valence electrons. The van der Waals surface area contributed by atoms with Gasteiger partial charge in [-0.25, -0.2) is 4.79 Å². The number of aliphatic hydroxyl groups is 2. The van der Waals surface area contributed by atoms with E-state index in [0.29, 0.717) is 11.3 Å². The third kappa shape index (κ3) is 4.71. The quantitative estimate of drug-likeness (QED) is 0.622. The monoisotopic (exact) mass is 331 g/mol. The summed E-state index contributed by atoms with van der Waals surface area (Å²) in [7, 11) is 1.53. The zero-order valence-electron chi connectivity index (χ0n) is 13.3. The number of ether oxygens (including phenoxy) is 1. The van der Waals surface area contributed by atoms with Gasteiger partial charge in [-0.15, -0.1) is 0 Å². The largest absolute Gasteiger partial charge is 0.497 e. The number of hydrogen-bond acceptors (Lipinski definition) is 4. The molecule has 0 bridgehead atoms.